The molecule has 0 aliphatic rings. The summed E-state index contributed by atoms with van der Waals surface area (Å²) in [5, 5.41) is 8.62. The van der Waals surface area contributed by atoms with Gasteiger partial charge < -0.3 is 15.7 Å². The van der Waals surface area contributed by atoms with Crippen LogP contribution in [-0.4, -0.2) is 47.3 Å². The molecule has 17 heavy (non-hydrogen) atoms. The number of carbonyl (C=O) groups excluding carboxylic acids is 1. The number of nitrogens with zero attached hydrogens (tertiary/aromatic N) is 1. The molecule has 4 nitrogen and oxygen atoms in total. The van der Waals surface area contributed by atoms with Crippen molar-refractivity contribution in [1.29, 1.82) is 0 Å². The molecule has 0 saturated heterocycles. The van der Waals surface area contributed by atoms with Crippen molar-refractivity contribution < 1.29 is 23.1 Å². The second-order valence-electron chi connectivity index (χ2n) is 4.64. The van der Waals surface area contributed by atoms with E-state index in [1.165, 1.54) is 0 Å². The third-order valence-electron chi connectivity index (χ3n) is 2.08. The first-order valence-corrected chi connectivity index (χ1v) is 5.29. The van der Waals surface area contributed by atoms with Crippen LogP contribution in [0.15, 0.2) is 0 Å². The fourth-order valence-electron chi connectivity index (χ4n) is 1.22. The lowest BCUT2D eigenvalue weighted by Gasteiger charge is -2.25. The summed E-state index contributed by atoms with van der Waals surface area (Å²) in [6.07, 6.45) is -4.21. The van der Waals surface area contributed by atoms with E-state index in [2.05, 4.69) is 0 Å². The van der Waals surface area contributed by atoms with Gasteiger partial charge in [-0.15, -0.1) is 0 Å². The molecule has 0 heterocycles. The summed E-state index contributed by atoms with van der Waals surface area (Å²) in [7, 11) is 0. The number of alkyl halides is 3. The third-order valence-corrected chi connectivity index (χ3v) is 2.08. The molecule has 0 saturated carbocycles. The van der Waals surface area contributed by atoms with Crippen LogP contribution in [0.5, 0.6) is 0 Å². The Morgan fingerprint density at radius 2 is 1.88 bits per heavy atom. The summed E-state index contributed by atoms with van der Waals surface area (Å²) in [6.45, 7) is 1.25. The van der Waals surface area contributed by atoms with E-state index >= 15 is 0 Å². The molecular formula is C10H19F3N2O2. The predicted octanol–water partition coefficient (Wildman–Crippen LogP) is 0.887. The molecule has 3 N–H and O–H groups in total. The Labute approximate surface area is 98.6 Å². The fourth-order valence-corrected chi connectivity index (χ4v) is 1.22. The minimum atomic E-state index is -4.46. The molecule has 0 aliphatic heterocycles. The first-order valence-electron chi connectivity index (χ1n) is 5.29. The predicted molar refractivity (Wildman–Crippen MR) is 57.2 cm³/mol. The summed E-state index contributed by atoms with van der Waals surface area (Å²) in [6, 6.07) is 0. The molecule has 0 aliphatic carbocycles. The lowest BCUT2D eigenvalue weighted by molar-refractivity contribution is -0.162. The Morgan fingerprint density at radius 3 is 2.24 bits per heavy atom. The topological polar surface area (TPSA) is 66.6 Å². The van der Waals surface area contributed by atoms with Crippen LogP contribution in [0.3, 0.4) is 0 Å². The van der Waals surface area contributed by atoms with Crippen molar-refractivity contribution >= 4 is 5.91 Å². The van der Waals surface area contributed by atoms with Gasteiger partial charge >= 0.3 is 6.18 Å². The van der Waals surface area contributed by atoms with Crippen LogP contribution in [0.2, 0.25) is 0 Å². The van der Waals surface area contributed by atoms with Crippen LogP contribution in [0.25, 0.3) is 0 Å². The van der Waals surface area contributed by atoms with Gasteiger partial charge in [0.25, 0.3) is 0 Å². The molecule has 0 fully saturated rings. The van der Waals surface area contributed by atoms with E-state index in [1.54, 1.807) is 13.8 Å². The molecule has 0 aromatic carbocycles. The zero-order valence-electron chi connectivity index (χ0n) is 10.0. The molecule has 102 valence electrons. The van der Waals surface area contributed by atoms with Gasteiger partial charge in [-0.25, -0.2) is 0 Å². The normalized spacial score (nSPS) is 12.6. The number of aliphatic hydroxyl groups is 1. The molecule has 0 aromatic rings. The first-order chi connectivity index (χ1) is 7.55. The maximum Gasteiger partial charge on any atom is 0.406 e. The zero-order valence-corrected chi connectivity index (χ0v) is 10.0. The highest BCUT2D eigenvalue weighted by molar-refractivity contribution is 5.76. The molecule has 0 bridgehead atoms. The number of nitrogens with two attached hydrogens (primary N) is 1. The average molecular weight is 256 g/mol. The van der Waals surface area contributed by atoms with Gasteiger partial charge in [-0.1, -0.05) is 0 Å². The van der Waals surface area contributed by atoms with Crippen molar-refractivity contribution in [3.05, 3.63) is 0 Å². The van der Waals surface area contributed by atoms with Crippen LogP contribution in [0.1, 0.15) is 26.7 Å². The molecular weight excluding hydrogens is 237 g/mol. The molecule has 0 spiro atoms. The van der Waals surface area contributed by atoms with E-state index in [1.807, 2.05) is 0 Å². The molecule has 0 atom stereocenters. The van der Waals surface area contributed by atoms with Gasteiger partial charge in [0.2, 0.25) is 5.91 Å². The lowest BCUT2D eigenvalue weighted by Crippen LogP contribution is -2.42. The average Bonchev–Trinajstić information content (AvgIpc) is 2.10. The Balaban J connectivity index is 4.35. The number of hydrogen-bond acceptors (Lipinski definition) is 3. The van der Waals surface area contributed by atoms with Crippen LogP contribution >= 0.6 is 0 Å². The Morgan fingerprint density at radius 1 is 1.35 bits per heavy atom. The van der Waals surface area contributed by atoms with E-state index in [4.69, 9.17) is 10.8 Å². The minimum Gasteiger partial charge on any atom is -0.395 e. The van der Waals surface area contributed by atoms with E-state index in [0.29, 0.717) is 11.3 Å². The maximum atomic E-state index is 12.2. The van der Waals surface area contributed by atoms with Crippen molar-refractivity contribution in [2.24, 2.45) is 5.73 Å². The van der Waals surface area contributed by atoms with Crippen LogP contribution in [0, 0.1) is 0 Å². The van der Waals surface area contributed by atoms with E-state index in [-0.39, 0.29) is 13.0 Å². The van der Waals surface area contributed by atoms with Crippen molar-refractivity contribution in [1.82, 2.24) is 4.90 Å². The van der Waals surface area contributed by atoms with Gasteiger partial charge in [-0.2, -0.15) is 13.2 Å². The lowest BCUT2D eigenvalue weighted by atomic mass is 10.00. The van der Waals surface area contributed by atoms with E-state index < -0.39 is 30.8 Å². The summed E-state index contributed by atoms with van der Waals surface area (Å²) in [4.78, 5) is 12.1. The summed E-state index contributed by atoms with van der Waals surface area (Å²) < 4.78 is 36.5. The monoisotopic (exact) mass is 256 g/mol. The number of carbonyl (C=O) groups is 1. The quantitative estimate of drug-likeness (QED) is 0.741. The molecule has 0 rings (SSSR count). The van der Waals surface area contributed by atoms with E-state index in [0.717, 1.165) is 0 Å². The first kappa shape index (κ1) is 16.2. The Bertz CT molecular complexity index is 249. The van der Waals surface area contributed by atoms with Gasteiger partial charge in [-0.05, 0) is 20.3 Å². The van der Waals surface area contributed by atoms with Crippen LogP contribution in [0.4, 0.5) is 13.2 Å². The van der Waals surface area contributed by atoms with Crippen LogP contribution < -0.4 is 5.73 Å². The summed E-state index contributed by atoms with van der Waals surface area (Å²) >= 11 is 0. The highest BCUT2D eigenvalue weighted by Crippen LogP contribution is 2.18. The molecule has 1 amide bonds. The highest BCUT2D eigenvalue weighted by atomic mass is 19.4. The van der Waals surface area contributed by atoms with Crippen molar-refractivity contribution in [2.45, 2.75) is 38.4 Å². The SMILES string of the molecule is CC(C)(N)CCC(=O)N(CCO)CC(F)(F)F. The number of rotatable bonds is 6. The summed E-state index contributed by atoms with van der Waals surface area (Å²) in [5.74, 6) is -0.644. The van der Waals surface area contributed by atoms with Crippen LogP contribution in [-0.2, 0) is 4.79 Å². The second kappa shape index (κ2) is 6.20. The number of hydrogen-bond donors (Lipinski definition) is 2. The third kappa shape index (κ3) is 8.93. The van der Waals surface area contributed by atoms with Gasteiger partial charge in [0, 0.05) is 18.5 Å². The molecule has 7 heteroatoms. The van der Waals surface area contributed by atoms with Gasteiger partial charge in [0.05, 0.1) is 6.61 Å². The number of halogens is 3. The van der Waals surface area contributed by atoms with Crippen molar-refractivity contribution in [2.75, 3.05) is 19.7 Å². The van der Waals surface area contributed by atoms with E-state index in [9.17, 15) is 18.0 Å². The largest absolute Gasteiger partial charge is 0.406 e. The Kier molecular flexibility index (Phi) is 5.91. The number of amides is 1. The van der Waals surface area contributed by atoms with Gasteiger partial charge in [0.15, 0.2) is 0 Å². The maximum absolute atomic E-state index is 12.2. The van der Waals surface area contributed by atoms with Crippen molar-refractivity contribution in [3.63, 3.8) is 0 Å². The minimum absolute atomic E-state index is 0.0560. The molecule has 0 radical (unpaired) electrons. The second-order valence-corrected chi connectivity index (χ2v) is 4.64. The van der Waals surface area contributed by atoms with Crippen molar-refractivity contribution in [3.8, 4) is 0 Å². The molecule has 0 unspecified atom stereocenters. The fraction of sp³-hybridized carbons (Fsp3) is 0.900. The highest BCUT2D eigenvalue weighted by Gasteiger charge is 2.32. The van der Waals surface area contributed by atoms with Gasteiger partial charge in [0.1, 0.15) is 6.54 Å². The standard InChI is InChI=1S/C10H19F3N2O2/c1-9(2,14)4-3-8(17)15(5-6-16)7-10(11,12)13/h16H,3-7,14H2,1-2H3. The van der Waals surface area contributed by atoms with Gasteiger partial charge in [-0.3, -0.25) is 4.79 Å². The zero-order chi connectivity index (χ0) is 13.7. The molecule has 0 aromatic heterocycles. The number of aliphatic hydroxyl groups excluding tert-OH is 1. The summed E-state index contributed by atoms with van der Waals surface area (Å²) in [5.41, 5.74) is 5.04. The Hall–Kier alpha value is -0.820. The smallest absolute Gasteiger partial charge is 0.395 e.